The van der Waals surface area contributed by atoms with E-state index in [9.17, 15) is 5.11 Å². The minimum absolute atomic E-state index is 0.000467. The Bertz CT molecular complexity index is 333. The Labute approximate surface area is 118 Å². The molecule has 5 aliphatic carbocycles. The zero-order valence-electron chi connectivity index (χ0n) is 12.7. The topological polar surface area (TPSA) is 20.2 Å². The molecule has 0 saturated heterocycles. The Morgan fingerprint density at radius 1 is 0.842 bits per heavy atom. The monoisotopic (exact) mass is 262 g/mol. The maximum absolute atomic E-state index is 10.4. The number of hydrogen-bond donors (Lipinski definition) is 1. The van der Waals surface area contributed by atoms with Crippen LogP contribution in [0, 0.1) is 34.5 Å². The Balaban J connectivity index is 1.65. The fraction of sp³-hybridized carbons (Fsp3) is 1.00. The summed E-state index contributed by atoms with van der Waals surface area (Å²) in [6.07, 6.45) is 12.7. The highest BCUT2D eigenvalue weighted by molar-refractivity contribution is 5.13. The predicted molar refractivity (Wildman–Crippen MR) is 77.7 cm³/mol. The van der Waals surface area contributed by atoms with Crippen LogP contribution in [0.4, 0.5) is 0 Å². The van der Waals surface area contributed by atoms with Crippen molar-refractivity contribution in [1.29, 1.82) is 0 Å². The van der Waals surface area contributed by atoms with Gasteiger partial charge in [0.25, 0.3) is 0 Å². The largest absolute Gasteiger partial charge is 0.393 e. The first-order valence-corrected chi connectivity index (χ1v) is 8.80. The fourth-order valence-electron chi connectivity index (χ4n) is 7.44. The second-order valence-electron chi connectivity index (χ2n) is 8.52. The van der Waals surface area contributed by atoms with Crippen molar-refractivity contribution < 1.29 is 5.11 Å². The summed E-state index contributed by atoms with van der Waals surface area (Å²) in [6, 6.07) is 0. The molecule has 4 bridgehead atoms. The molecule has 2 unspecified atom stereocenters. The van der Waals surface area contributed by atoms with Crippen LogP contribution in [0.1, 0.15) is 71.6 Å². The van der Waals surface area contributed by atoms with Gasteiger partial charge in [0.2, 0.25) is 0 Å². The molecule has 1 nitrogen and oxygen atoms in total. The number of aliphatic hydroxyl groups excluding tert-OH is 1. The third kappa shape index (κ3) is 1.51. The molecule has 0 aromatic rings. The molecule has 0 amide bonds. The number of hydrogen-bond acceptors (Lipinski definition) is 1. The van der Waals surface area contributed by atoms with E-state index in [0.29, 0.717) is 5.41 Å². The van der Waals surface area contributed by atoms with E-state index < -0.39 is 0 Å². The van der Waals surface area contributed by atoms with Crippen molar-refractivity contribution in [2.24, 2.45) is 34.5 Å². The summed E-state index contributed by atoms with van der Waals surface area (Å²) in [4.78, 5) is 0. The van der Waals surface area contributed by atoms with E-state index in [1.165, 1.54) is 32.1 Å². The molecule has 0 aromatic carbocycles. The Morgan fingerprint density at radius 3 is 1.68 bits per heavy atom. The van der Waals surface area contributed by atoms with Gasteiger partial charge < -0.3 is 5.11 Å². The molecule has 19 heavy (non-hydrogen) atoms. The van der Waals surface area contributed by atoms with Gasteiger partial charge in [-0.15, -0.1) is 0 Å². The van der Waals surface area contributed by atoms with Gasteiger partial charge in [-0.3, -0.25) is 0 Å². The maximum Gasteiger partial charge on any atom is 0.0602 e. The Morgan fingerprint density at radius 2 is 1.32 bits per heavy atom. The second kappa shape index (κ2) is 4.00. The summed E-state index contributed by atoms with van der Waals surface area (Å²) in [5.74, 6) is 4.00. The van der Waals surface area contributed by atoms with Gasteiger partial charge in [-0.25, -0.2) is 0 Å². The highest BCUT2D eigenvalue weighted by Crippen LogP contribution is 2.70. The van der Waals surface area contributed by atoms with Gasteiger partial charge in [0.1, 0.15) is 0 Å². The molecule has 1 N–H and O–H groups in total. The second-order valence-corrected chi connectivity index (χ2v) is 8.52. The number of rotatable bonds is 3. The highest BCUT2D eigenvalue weighted by Gasteiger charge is 2.64. The van der Waals surface area contributed by atoms with Gasteiger partial charge in [-0.05, 0) is 92.3 Å². The zero-order valence-corrected chi connectivity index (χ0v) is 12.7. The lowest BCUT2D eigenvalue weighted by Gasteiger charge is -2.68. The first-order valence-electron chi connectivity index (χ1n) is 8.80. The molecule has 0 heterocycles. The van der Waals surface area contributed by atoms with Crippen molar-refractivity contribution >= 4 is 0 Å². The lowest BCUT2D eigenvalue weighted by Crippen LogP contribution is -2.63. The van der Waals surface area contributed by atoms with E-state index in [4.69, 9.17) is 0 Å². The Kier molecular flexibility index (Phi) is 2.67. The lowest BCUT2D eigenvalue weighted by atomic mass is 9.38. The molecule has 0 spiro atoms. The summed E-state index contributed by atoms with van der Waals surface area (Å²) < 4.78 is 0. The predicted octanol–water partition coefficient (Wildman–Crippen LogP) is 4.39. The molecular formula is C18H30O. The van der Waals surface area contributed by atoms with E-state index >= 15 is 0 Å². The average molecular weight is 262 g/mol. The lowest BCUT2D eigenvalue weighted by molar-refractivity contribution is -0.220. The van der Waals surface area contributed by atoms with Gasteiger partial charge in [0, 0.05) is 0 Å². The van der Waals surface area contributed by atoms with Crippen molar-refractivity contribution in [1.82, 2.24) is 0 Å². The van der Waals surface area contributed by atoms with Gasteiger partial charge >= 0.3 is 0 Å². The molecule has 0 radical (unpaired) electrons. The van der Waals surface area contributed by atoms with E-state index in [0.717, 1.165) is 30.1 Å². The molecule has 1 heteroatoms. The zero-order chi connectivity index (χ0) is 13.3. The van der Waals surface area contributed by atoms with E-state index in [1.54, 1.807) is 19.3 Å². The third-order valence-electron chi connectivity index (χ3n) is 7.96. The minimum atomic E-state index is 0.000467. The number of aliphatic hydroxyl groups is 1. The van der Waals surface area contributed by atoms with Crippen LogP contribution in [0.3, 0.4) is 0 Å². The summed E-state index contributed by atoms with van der Waals surface area (Å²) >= 11 is 0. The SMILES string of the molecule is CCC1(CC)C(O)CC1C12CC3CC(CC(C3)C1)C2. The van der Waals surface area contributed by atoms with Crippen LogP contribution in [0.5, 0.6) is 0 Å². The summed E-state index contributed by atoms with van der Waals surface area (Å²) in [5.41, 5.74) is 0.936. The van der Waals surface area contributed by atoms with Gasteiger partial charge in [-0.2, -0.15) is 0 Å². The van der Waals surface area contributed by atoms with Gasteiger partial charge in [-0.1, -0.05) is 13.8 Å². The molecule has 5 fully saturated rings. The third-order valence-corrected chi connectivity index (χ3v) is 7.96. The van der Waals surface area contributed by atoms with Crippen molar-refractivity contribution in [3.05, 3.63) is 0 Å². The van der Waals surface area contributed by atoms with Crippen LogP contribution in [0.15, 0.2) is 0 Å². The first kappa shape index (κ1) is 12.7. The average Bonchev–Trinajstić information content (AvgIpc) is 2.36. The standard InChI is InChI=1S/C18H30O/c1-3-18(4-2)15(8-16(18)19)17-9-12-5-13(10-17)7-14(6-12)11-17/h12-16,19H,3-11H2,1-2H3. The quantitative estimate of drug-likeness (QED) is 0.799. The van der Waals surface area contributed by atoms with Crippen LogP contribution in [-0.4, -0.2) is 11.2 Å². The van der Waals surface area contributed by atoms with Crippen LogP contribution in [0.2, 0.25) is 0 Å². The molecule has 0 aliphatic heterocycles. The van der Waals surface area contributed by atoms with Crippen LogP contribution < -0.4 is 0 Å². The molecule has 108 valence electrons. The smallest absolute Gasteiger partial charge is 0.0602 e. The molecule has 2 atom stereocenters. The van der Waals surface area contributed by atoms with Crippen molar-refractivity contribution in [3.8, 4) is 0 Å². The van der Waals surface area contributed by atoms with E-state index in [2.05, 4.69) is 13.8 Å². The molecule has 5 rings (SSSR count). The van der Waals surface area contributed by atoms with Crippen LogP contribution >= 0.6 is 0 Å². The van der Waals surface area contributed by atoms with Gasteiger partial charge in [0.05, 0.1) is 6.10 Å². The Hall–Kier alpha value is -0.0400. The first-order chi connectivity index (χ1) is 9.12. The fourth-order valence-corrected chi connectivity index (χ4v) is 7.44. The maximum atomic E-state index is 10.4. The summed E-state index contributed by atoms with van der Waals surface area (Å²) in [5, 5.41) is 10.4. The van der Waals surface area contributed by atoms with Crippen molar-refractivity contribution in [2.75, 3.05) is 0 Å². The summed E-state index contributed by atoms with van der Waals surface area (Å²) in [7, 11) is 0. The van der Waals surface area contributed by atoms with Gasteiger partial charge in [0.15, 0.2) is 0 Å². The van der Waals surface area contributed by atoms with Crippen molar-refractivity contribution in [3.63, 3.8) is 0 Å². The van der Waals surface area contributed by atoms with E-state index in [1.807, 2.05) is 0 Å². The minimum Gasteiger partial charge on any atom is -0.393 e. The van der Waals surface area contributed by atoms with Crippen LogP contribution in [-0.2, 0) is 0 Å². The molecule has 5 aliphatic rings. The normalized spacial score (nSPS) is 54.2. The van der Waals surface area contributed by atoms with E-state index in [-0.39, 0.29) is 11.5 Å². The highest BCUT2D eigenvalue weighted by atomic mass is 16.3. The molecule has 0 aromatic heterocycles. The van der Waals surface area contributed by atoms with Crippen LogP contribution in [0.25, 0.3) is 0 Å². The summed E-state index contributed by atoms with van der Waals surface area (Å²) in [6.45, 7) is 4.64. The molecule has 5 saturated carbocycles. The molecular weight excluding hydrogens is 232 g/mol. The van der Waals surface area contributed by atoms with Crippen molar-refractivity contribution in [2.45, 2.75) is 77.7 Å².